The smallest absolute Gasteiger partial charge is 0.255 e. The first-order valence-electron chi connectivity index (χ1n) is 9.82. The lowest BCUT2D eigenvalue weighted by atomic mass is 10.1. The van der Waals surface area contributed by atoms with Crippen LogP contribution in [0.3, 0.4) is 0 Å². The van der Waals surface area contributed by atoms with Gasteiger partial charge < -0.3 is 9.47 Å². The lowest BCUT2D eigenvalue weighted by Gasteiger charge is -2.33. The predicted octanol–water partition coefficient (Wildman–Crippen LogP) is 1.99. The molecule has 3 aromatic rings. The molecule has 0 bridgehead atoms. The van der Waals surface area contributed by atoms with E-state index in [9.17, 15) is 14.4 Å². The monoisotopic (exact) mass is 402 g/mol. The number of hydrogen-bond acceptors (Lipinski definition) is 4. The second kappa shape index (κ2) is 8.73. The van der Waals surface area contributed by atoms with Crippen molar-refractivity contribution in [3.63, 3.8) is 0 Å². The molecule has 1 aliphatic heterocycles. The molecule has 1 aromatic heterocycles. The van der Waals surface area contributed by atoms with Crippen LogP contribution in [0, 0.1) is 0 Å². The second-order valence-electron chi connectivity index (χ2n) is 7.23. The molecule has 0 unspecified atom stereocenters. The summed E-state index contributed by atoms with van der Waals surface area (Å²) in [4.78, 5) is 44.9. The average Bonchev–Trinajstić information content (AvgIpc) is 3.27. The van der Waals surface area contributed by atoms with Crippen LogP contribution in [0.1, 0.15) is 21.5 Å². The number of carbonyl (C=O) groups is 3. The van der Waals surface area contributed by atoms with Gasteiger partial charge in [0.15, 0.2) is 0 Å². The zero-order chi connectivity index (χ0) is 20.9. The summed E-state index contributed by atoms with van der Waals surface area (Å²) < 4.78 is 1.87. The summed E-state index contributed by atoms with van der Waals surface area (Å²) in [6.07, 6.45) is 5.77. The van der Waals surface area contributed by atoms with Crippen LogP contribution in [0.15, 0.2) is 73.3 Å². The Bertz CT molecular complexity index is 1030. The van der Waals surface area contributed by atoms with E-state index in [1.165, 1.54) is 9.80 Å². The molecule has 0 N–H and O–H groups in total. The van der Waals surface area contributed by atoms with E-state index < -0.39 is 0 Å². The van der Waals surface area contributed by atoms with Crippen molar-refractivity contribution in [2.45, 2.75) is 13.0 Å². The highest BCUT2D eigenvalue weighted by atomic mass is 16.2. The van der Waals surface area contributed by atoms with Crippen molar-refractivity contribution in [1.82, 2.24) is 19.4 Å². The van der Waals surface area contributed by atoms with Crippen LogP contribution >= 0.6 is 0 Å². The average molecular weight is 402 g/mol. The van der Waals surface area contributed by atoms with Crippen LogP contribution in [0.5, 0.6) is 0 Å². The topological polar surface area (TPSA) is 75.5 Å². The maximum atomic E-state index is 13.1. The van der Waals surface area contributed by atoms with Gasteiger partial charge in [-0.25, -0.2) is 4.98 Å². The first kappa shape index (κ1) is 19.6. The second-order valence-corrected chi connectivity index (χ2v) is 7.23. The zero-order valence-corrected chi connectivity index (χ0v) is 16.5. The maximum Gasteiger partial charge on any atom is 0.255 e. The summed E-state index contributed by atoms with van der Waals surface area (Å²) >= 11 is 0. The zero-order valence-electron chi connectivity index (χ0n) is 16.5. The lowest BCUT2D eigenvalue weighted by Crippen LogP contribution is -2.56. The Morgan fingerprint density at radius 3 is 2.33 bits per heavy atom. The molecule has 0 saturated carbocycles. The van der Waals surface area contributed by atoms with Gasteiger partial charge in [0.1, 0.15) is 13.1 Å². The minimum Gasteiger partial charge on any atom is -0.333 e. The van der Waals surface area contributed by atoms with Gasteiger partial charge in [-0.15, -0.1) is 0 Å². The molecule has 0 aliphatic carbocycles. The Hall–Kier alpha value is -3.74. The van der Waals surface area contributed by atoms with Gasteiger partial charge in [-0.1, -0.05) is 48.5 Å². The van der Waals surface area contributed by atoms with E-state index in [0.29, 0.717) is 25.1 Å². The molecule has 1 fully saturated rings. The molecular weight excluding hydrogens is 380 g/mol. The quantitative estimate of drug-likeness (QED) is 0.591. The molecule has 0 radical (unpaired) electrons. The number of benzene rings is 2. The Balaban J connectivity index is 1.44. The first-order valence-corrected chi connectivity index (χ1v) is 9.82. The van der Waals surface area contributed by atoms with Gasteiger partial charge in [-0.3, -0.25) is 19.3 Å². The molecule has 1 saturated heterocycles. The molecule has 3 amide bonds. The van der Waals surface area contributed by atoms with Gasteiger partial charge in [-0.05, 0) is 23.6 Å². The number of imide groups is 1. The van der Waals surface area contributed by atoms with Crippen LogP contribution in [-0.4, -0.2) is 56.7 Å². The molecule has 0 spiro atoms. The Labute approximate surface area is 174 Å². The SMILES string of the molecule is O=C(c1ccccc1Cn1ccnc1)N1CC(=O)N(CCc2ccccc2)C(=O)C1. The number of amides is 3. The number of aromatic nitrogens is 2. The van der Waals surface area contributed by atoms with Crippen LogP contribution in [0.25, 0.3) is 0 Å². The summed E-state index contributed by atoms with van der Waals surface area (Å²) in [6.45, 7) is 0.610. The number of rotatable bonds is 6. The number of piperazine rings is 1. The molecule has 7 heteroatoms. The minimum absolute atomic E-state index is 0.0984. The van der Waals surface area contributed by atoms with Gasteiger partial charge in [0.05, 0.1) is 6.33 Å². The molecule has 152 valence electrons. The molecule has 7 nitrogen and oxygen atoms in total. The minimum atomic E-state index is -0.345. The fourth-order valence-electron chi connectivity index (χ4n) is 3.58. The summed E-state index contributed by atoms with van der Waals surface area (Å²) in [5, 5.41) is 0. The van der Waals surface area contributed by atoms with Crippen LogP contribution in [0.2, 0.25) is 0 Å². The third kappa shape index (κ3) is 4.30. The van der Waals surface area contributed by atoms with Crippen molar-refractivity contribution >= 4 is 17.7 Å². The van der Waals surface area contributed by atoms with Gasteiger partial charge >= 0.3 is 0 Å². The van der Waals surface area contributed by atoms with Crippen molar-refractivity contribution in [2.75, 3.05) is 19.6 Å². The summed E-state index contributed by atoms with van der Waals surface area (Å²) in [7, 11) is 0. The lowest BCUT2D eigenvalue weighted by molar-refractivity contribution is -0.150. The van der Waals surface area contributed by atoms with Crippen molar-refractivity contribution in [3.8, 4) is 0 Å². The van der Waals surface area contributed by atoms with E-state index >= 15 is 0 Å². The molecule has 1 aliphatic rings. The van der Waals surface area contributed by atoms with E-state index in [2.05, 4.69) is 4.98 Å². The van der Waals surface area contributed by atoms with Gasteiger partial charge in [-0.2, -0.15) is 0 Å². The summed E-state index contributed by atoms with van der Waals surface area (Å²) in [5.74, 6) is -1.000. The number of imidazole rings is 1. The van der Waals surface area contributed by atoms with Gasteiger partial charge in [0.2, 0.25) is 11.8 Å². The Kier molecular flexibility index (Phi) is 5.70. The highest BCUT2D eigenvalue weighted by Gasteiger charge is 2.34. The van der Waals surface area contributed by atoms with Crippen LogP contribution < -0.4 is 0 Å². The van der Waals surface area contributed by atoms with Gasteiger partial charge in [0, 0.05) is 31.0 Å². The highest BCUT2D eigenvalue weighted by molar-refractivity contribution is 6.06. The fourth-order valence-corrected chi connectivity index (χ4v) is 3.58. The number of nitrogens with zero attached hydrogens (tertiary/aromatic N) is 4. The standard InChI is InChI=1S/C23H22N4O3/c28-21-15-26(16-22(29)27(21)12-10-18-6-2-1-3-7-18)23(30)20-9-5-4-8-19(20)14-25-13-11-24-17-25/h1-9,11,13,17H,10,12,14-16H2. The van der Waals surface area contributed by atoms with Crippen LogP contribution in [-0.2, 0) is 22.6 Å². The molecule has 30 heavy (non-hydrogen) atoms. The third-order valence-electron chi connectivity index (χ3n) is 5.17. The first-order chi connectivity index (χ1) is 14.6. The summed E-state index contributed by atoms with van der Waals surface area (Å²) in [5.41, 5.74) is 2.36. The molecule has 0 atom stereocenters. The predicted molar refractivity (Wildman–Crippen MR) is 111 cm³/mol. The van der Waals surface area contributed by atoms with Crippen molar-refractivity contribution < 1.29 is 14.4 Å². The van der Waals surface area contributed by atoms with E-state index in [1.54, 1.807) is 24.7 Å². The largest absolute Gasteiger partial charge is 0.333 e. The summed E-state index contributed by atoms with van der Waals surface area (Å²) in [6, 6.07) is 16.9. The van der Waals surface area contributed by atoms with Crippen molar-refractivity contribution in [1.29, 1.82) is 0 Å². The maximum absolute atomic E-state index is 13.1. The molecular formula is C23H22N4O3. The Morgan fingerprint density at radius 2 is 1.63 bits per heavy atom. The molecule has 2 heterocycles. The number of hydrogen-bond donors (Lipinski definition) is 0. The number of carbonyl (C=O) groups excluding carboxylic acids is 3. The Morgan fingerprint density at radius 1 is 0.933 bits per heavy atom. The van der Waals surface area contributed by atoms with Crippen LogP contribution in [0.4, 0.5) is 0 Å². The normalized spacial score (nSPS) is 14.3. The van der Waals surface area contributed by atoms with Crippen molar-refractivity contribution in [2.24, 2.45) is 0 Å². The van der Waals surface area contributed by atoms with E-state index in [1.807, 2.05) is 53.2 Å². The van der Waals surface area contributed by atoms with Gasteiger partial charge in [0.25, 0.3) is 5.91 Å². The highest BCUT2D eigenvalue weighted by Crippen LogP contribution is 2.16. The van der Waals surface area contributed by atoms with E-state index in [0.717, 1.165) is 11.1 Å². The molecule has 2 aromatic carbocycles. The van der Waals surface area contributed by atoms with Crippen molar-refractivity contribution in [3.05, 3.63) is 90.0 Å². The fraction of sp³-hybridized carbons (Fsp3) is 0.217. The van der Waals surface area contributed by atoms with E-state index in [-0.39, 0.29) is 30.8 Å². The molecule has 4 rings (SSSR count). The third-order valence-corrected chi connectivity index (χ3v) is 5.17. The van der Waals surface area contributed by atoms with E-state index in [4.69, 9.17) is 0 Å².